The first-order valence-electron chi connectivity index (χ1n) is 4.65. The highest BCUT2D eigenvalue weighted by molar-refractivity contribution is 8.13. The third kappa shape index (κ3) is 3.79. The number of amidine groups is 1. The van der Waals surface area contributed by atoms with Crippen molar-refractivity contribution >= 4 is 28.3 Å². The molecule has 0 atom stereocenters. The fraction of sp³-hybridized carbons (Fsp3) is 0.300. The fourth-order valence-electron chi connectivity index (χ4n) is 0.973. The average molecular weight is 227 g/mol. The van der Waals surface area contributed by atoms with Gasteiger partial charge in [0.05, 0.1) is 0 Å². The summed E-state index contributed by atoms with van der Waals surface area (Å²) in [7, 11) is 0. The zero-order chi connectivity index (χ0) is 11.3. The van der Waals surface area contributed by atoms with E-state index in [0.29, 0.717) is 10.9 Å². The van der Waals surface area contributed by atoms with Gasteiger partial charge in [-0.1, -0.05) is 18.7 Å². The number of rotatable bonds is 3. The minimum atomic E-state index is -0.413. The van der Waals surface area contributed by atoms with Crippen molar-refractivity contribution in [3.05, 3.63) is 24.0 Å². The molecular formula is C10H14FN3S. The number of thioether (sulfide) groups is 1. The fourth-order valence-corrected chi connectivity index (χ4v) is 1.55. The van der Waals surface area contributed by atoms with Gasteiger partial charge >= 0.3 is 0 Å². The second-order valence-corrected chi connectivity index (χ2v) is 4.12. The first-order valence-corrected chi connectivity index (χ1v) is 5.64. The molecule has 82 valence electrons. The van der Waals surface area contributed by atoms with Crippen molar-refractivity contribution < 1.29 is 4.39 Å². The highest BCUT2D eigenvalue weighted by Gasteiger charge is 2.02. The van der Waals surface area contributed by atoms with Crippen LogP contribution in [0.1, 0.15) is 13.3 Å². The third-order valence-electron chi connectivity index (χ3n) is 1.65. The maximum absolute atomic E-state index is 13.2. The molecule has 15 heavy (non-hydrogen) atoms. The van der Waals surface area contributed by atoms with E-state index < -0.39 is 5.82 Å². The molecule has 0 bridgehead atoms. The third-order valence-corrected chi connectivity index (χ3v) is 2.65. The maximum atomic E-state index is 13.2. The second kappa shape index (κ2) is 5.60. The molecule has 0 fully saturated rings. The van der Waals surface area contributed by atoms with Crippen LogP contribution < -0.4 is 11.5 Å². The summed E-state index contributed by atoms with van der Waals surface area (Å²) >= 11 is 1.41. The zero-order valence-corrected chi connectivity index (χ0v) is 9.35. The van der Waals surface area contributed by atoms with Crippen LogP contribution in [-0.4, -0.2) is 10.9 Å². The molecule has 0 unspecified atom stereocenters. The van der Waals surface area contributed by atoms with Crippen LogP contribution in [0.5, 0.6) is 0 Å². The summed E-state index contributed by atoms with van der Waals surface area (Å²) in [4.78, 5) is 3.96. The van der Waals surface area contributed by atoms with Crippen LogP contribution >= 0.6 is 11.8 Å². The summed E-state index contributed by atoms with van der Waals surface area (Å²) in [6, 6.07) is 4.24. The molecule has 3 nitrogen and oxygen atoms in total. The molecule has 0 amide bonds. The molecule has 1 aromatic rings. The molecule has 1 rings (SSSR count). The lowest BCUT2D eigenvalue weighted by Gasteiger charge is -2.01. The molecule has 0 saturated heterocycles. The van der Waals surface area contributed by atoms with E-state index in [0.717, 1.165) is 12.2 Å². The summed E-state index contributed by atoms with van der Waals surface area (Å²) < 4.78 is 13.2. The van der Waals surface area contributed by atoms with Crippen molar-refractivity contribution in [2.45, 2.75) is 13.3 Å². The Labute approximate surface area is 92.8 Å². The first kappa shape index (κ1) is 11.8. The number of nitrogens with two attached hydrogens (primary N) is 2. The van der Waals surface area contributed by atoms with Crippen LogP contribution in [0.3, 0.4) is 0 Å². The molecule has 1 aromatic carbocycles. The van der Waals surface area contributed by atoms with E-state index in [1.165, 1.54) is 30.0 Å². The van der Waals surface area contributed by atoms with E-state index in [1.54, 1.807) is 0 Å². The van der Waals surface area contributed by atoms with Crippen molar-refractivity contribution in [1.82, 2.24) is 0 Å². The molecule has 4 N–H and O–H groups in total. The molecule has 5 heteroatoms. The number of hydrogen-bond donors (Lipinski definition) is 2. The zero-order valence-electron chi connectivity index (χ0n) is 8.53. The van der Waals surface area contributed by atoms with Crippen LogP contribution in [0.2, 0.25) is 0 Å². The van der Waals surface area contributed by atoms with Crippen molar-refractivity contribution in [3.8, 4) is 0 Å². The molecular weight excluding hydrogens is 213 g/mol. The quantitative estimate of drug-likeness (QED) is 0.473. The van der Waals surface area contributed by atoms with Crippen LogP contribution in [0, 0.1) is 5.82 Å². The van der Waals surface area contributed by atoms with E-state index >= 15 is 0 Å². The molecule has 0 spiro atoms. The minimum Gasteiger partial charge on any atom is -0.399 e. The predicted molar refractivity (Wildman–Crippen MR) is 64.8 cm³/mol. The van der Waals surface area contributed by atoms with E-state index in [9.17, 15) is 4.39 Å². The summed E-state index contributed by atoms with van der Waals surface area (Å²) in [5.41, 5.74) is 11.8. The van der Waals surface area contributed by atoms with Gasteiger partial charge in [-0.2, -0.15) is 0 Å². The molecule has 0 radical (unpaired) electrons. The highest BCUT2D eigenvalue weighted by Crippen LogP contribution is 2.21. The van der Waals surface area contributed by atoms with Gasteiger partial charge in [0, 0.05) is 11.4 Å². The maximum Gasteiger partial charge on any atom is 0.159 e. The minimum absolute atomic E-state index is 0.191. The number of benzene rings is 1. The normalized spacial score (nSPS) is 11.7. The van der Waals surface area contributed by atoms with Crippen molar-refractivity contribution in [2.24, 2.45) is 10.7 Å². The monoisotopic (exact) mass is 227 g/mol. The van der Waals surface area contributed by atoms with Crippen LogP contribution in [-0.2, 0) is 0 Å². The van der Waals surface area contributed by atoms with Gasteiger partial charge in [-0.25, -0.2) is 9.38 Å². The number of aliphatic imine (C=N–C) groups is 1. The summed E-state index contributed by atoms with van der Waals surface area (Å²) in [5, 5.41) is 0.362. The number of hydrogen-bond acceptors (Lipinski definition) is 3. The topological polar surface area (TPSA) is 64.4 Å². The average Bonchev–Trinajstić information content (AvgIpc) is 2.20. The smallest absolute Gasteiger partial charge is 0.159 e. The van der Waals surface area contributed by atoms with Gasteiger partial charge in [-0.05, 0) is 24.6 Å². The van der Waals surface area contributed by atoms with Gasteiger partial charge in [-0.15, -0.1) is 0 Å². The lowest BCUT2D eigenvalue weighted by molar-refractivity contribution is 0.630. The Balaban J connectivity index is 2.82. The van der Waals surface area contributed by atoms with E-state index in [4.69, 9.17) is 11.5 Å². The Hall–Kier alpha value is -1.23. The van der Waals surface area contributed by atoms with Crippen molar-refractivity contribution in [1.29, 1.82) is 0 Å². The molecule has 0 saturated carbocycles. The SMILES string of the molecule is CCCSC(N)=Nc1cc(N)ccc1F. The molecule has 0 aliphatic carbocycles. The second-order valence-electron chi connectivity index (χ2n) is 3.01. The number of nitrogens with zero attached hydrogens (tertiary/aromatic N) is 1. The highest BCUT2D eigenvalue weighted by atomic mass is 32.2. The largest absolute Gasteiger partial charge is 0.399 e. The van der Waals surface area contributed by atoms with Crippen LogP contribution in [0.15, 0.2) is 23.2 Å². The molecule has 0 aliphatic heterocycles. The van der Waals surface area contributed by atoms with Crippen molar-refractivity contribution in [2.75, 3.05) is 11.5 Å². The molecule has 0 aliphatic rings. The number of anilines is 1. The van der Waals surface area contributed by atoms with E-state index in [2.05, 4.69) is 4.99 Å². The van der Waals surface area contributed by atoms with Crippen LogP contribution in [0.25, 0.3) is 0 Å². The van der Waals surface area contributed by atoms with Gasteiger partial charge < -0.3 is 11.5 Å². The summed E-state index contributed by atoms with van der Waals surface area (Å²) in [6.07, 6.45) is 1.00. The van der Waals surface area contributed by atoms with Gasteiger partial charge in [0.15, 0.2) is 5.17 Å². The van der Waals surface area contributed by atoms with Crippen molar-refractivity contribution in [3.63, 3.8) is 0 Å². The van der Waals surface area contributed by atoms with Gasteiger partial charge in [-0.3, -0.25) is 0 Å². The predicted octanol–water partition coefficient (Wildman–Crippen LogP) is 2.50. The Morgan fingerprint density at radius 3 is 2.93 bits per heavy atom. The Bertz CT molecular complexity index is 366. The summed E-state index contributed by atoms with van der Waals surface area (Å²) in [5.74, 6) is 0.462. The first-order chi connectivity index (χ1) is 7.13. The summed E-state index contributed by atoms with van der Waals surface area (Å²) in [6.45, 7) is 2.04. The Kier molecular flexibility index (Phi) is 4.42. The lowest BCUT2D eigenvalue weighted by Crippen LogP contribution is -2.06. The van der Waals surface area contributed by atoms with E-state index in [1.807, 2.05) is 6.92 Å². The van der Waals surface area contributed by atoms with Gasteiger partial charge in [0.25, 0.3) is 0 Å². The Morgan fingerprint density at radius 2 is 2.27 bits per heavy atom. The molecule has 0 aromatic heterocycles. The number of halogens is 1. The molecule has 0 heterocycles. The van der Waals surface area contributed by atoms with Gasteiger partial charge in [0.2, 0.25) is 0 Å². The van der Waals surface area contributed by atoms with E-state index in [-0.39, 0.29) is 5.69 Å². The van der Waals surface area contributed by atoms with Gasteiger partial charge in [0.1, 0.15) is 11.5 Å². The number of nitrogen functional groups attached to an aromatic ring is 1. The standard InChI is InChI=1S/C10H14FN3S/c1-2-5-15-10(13)14-9-6-7(12)3-4-8(9)11/h3-4,6H,2,5,12H2,1H3,(H2,13,14). The Morgan fingerprint density at radius 1 is 1.53 bits per heavy atom. The van der Waals surface area contributed by atoms with Crippen LogP contribution in [0.4, 0.5) is 15.8 Å². The lowest BCUT2D eigenvalue weighted by atomic mass is 10.3.